The number of nitrogens with one attached hydrogen (secondary N) is 2. The van der Waals surface area contributed by atoms with E-state index in [4.69, 9.17) is 0 Å². The van der Waals surface area contributed by atoms with E-state index in [1.807, 2.05) is 21.0 Å². The van der Waals surface area contributed by atoms with Gasteiger partial charge in [0.1, 0.15) is 0 Å². The topological polar surface area (TPSA) is 100 Å². The second kappa shape index (κ2) is 6.42. The van der Waals surface area contributed by atoms with Gasteiger partial charge in [-0.25, -0.2) is 8.42 Å². The van der Waals surface area contributed by atoms with Crippen molar-refractivity contribution >= 4 is 27.7 Å². The van der Waals surface area contributed by atoms with E-state index in [0.717, 1.165) is 6.42 Å². The van der Waals surface area contributed by atoms with Gasteiger partial charge in [0.05, 0.1) is 11.0 Å². The van der Waals surface area contributed by atoms with Crippen LogP contribution in [0, 0.1) is 0 Å². The maximum atomic E-state index is 11.8. The molecule has 2 rings (SSSR count). The number of hydrogen-bond acceptors (Lipinski definition) is 8. The molecule has 2 N–H and O–H groups in total. The van der Waals surface area contributed by atoms with Crippen molar-refractivity contribution in [3.63, 3.8) is 0 Å². The molecule has 0 bridgehead atoms. The minimum Gasteiger partial charge on any atom is -0.354 e. The SMILES string of the molecule is CCNc1nc(NCC2CCCS2(=O)=O)nc(N(C)C)n1. The Morgan fingerprint density at radius 2 is 1.86 bits per heavy atom. The highest BCUT2D eigenvalue weighted by molar-refractivity contribution is 7.92. The molecule has 118 valence electrons. The van der Waals surface area contributed by atoms with Gasteiger partial charge in [0.15, 0.2) is 9.84 Å². The van der Waals surface area contributed by atoms with Gasteiger partial charge in [0.2, 0.25) is 17.8 Å². The molecule has 21 heavy (non-hydrogen) atoms. The lowest BCUT2D eigenvalue weighted by Crippen LogP contribution is -2.26. The fraction of sp³-hybridized carbons (Fsp3) is 0.750. The van der Waals surface area contributed by atoms with E-state index < -0.39 is 9.84 Å². The number of rotatable bonds is 6. The largest absolute Gasteiger partial charge is 0.354 e. The molecule has 8 nitrogen and oxygen atoms in total. The molecule has 0 amide bonds. The fourth-order valence-corrected chi connectivity index (χ4v) is 3.94. The van der Waals surface area contributed by atoms with E-state index in [0.29, 0.717) is 37.4 Å². The van der Waals surface area contributed by atoms with Crippen molar-refractivity contribution in [1.82, 2.24) is 15.0 Å². The maximum absolute atomic E-state index is 11.8. The predicted molar refractivity (Wildman–Crippen MR) is 83.6 cm³/mol. The second-order valence-electron chi connectivity index (χ2n) is 5.22. The quantitative estimate of drug-likeness (QED) is 0.776. The summed E-state index contributed by atoms with van der Waals surface area (Å²) in [5.74, 6) is 1.68. The summed E-state index contributed by atoms with van der Waals surface area (Å²) in [6.45, 7) is 3.00. The lowest BCUT2D eigenvalue weighted by Gasteiger charge is -2.15. The van der Waals surface area contributed by atoms with Crippen LogP contribution in [0.2, 0.25) is 0 Å². The lowest BCUT2D eigenvalue weighted by atomic mass is 10.2. The van der Waals surface area contributed by atoms with Crippen LogP contribution in [0.1, 0.15) is 19.8 Å². The average molecular weight is 314 g/mol. The van der Waals surface area contributed by atoms with Gasteiger partial charge in [-0.15, -0.1) is 0 Å². The van der Waals surface area contributed by atoms with Gasteiger partial charge in [-0.1, -0.05) is 0 Å². The van der Waals surface area contributed by atoms with Gasteiger partial charge in [-0.3, -0.25) is 0 Å². The van der Waals surface area contributed by atoms with Crippen molar-refractivity contribution in [3.8, 4) is 0 Å². The van der Waals surface area contributed by atoms with Crippen LogP contribution in [-0.2, 0) is 9.84 Å². The van der Waals surface area contributed by atoms with Crippen molar-refractivity contribution in [2.24, 2.45) is 0 Å². The average Bonchev–Trinajstić information content (AvgIpc) is 2.75. The first-order valence-corrected chi connectivity index (χ1v) is 8.76. The van der Waals surface area contributed by atoms with E-state index in [1.54, 1.807) is 4.90 Å². The zero-order valence-corrected chi connectivity index (χ0v) is 13.4. The molecule has 1 unspecified atom stereocenters. The molecule has 1 aliphatic rings. The summed E-state index contributed by atoms with van der Waals surface area (Å²) in [6.07, 6.45) is 1.43. The molecule has 1 atom stereocenters. The standard InChI is InChI=1S/C12H22N6O2S/c1-4-13-10-15-11(17-12(16-10)18(2)3)14-8-9-6-5-7-21(9,19)20/h9H,4-8H2,1-3H3,(H2,13,14,15,16,17). The van der Waals surface area contributed by atoms with Crippen molar-refractivity contribution in [2.45, 2.75) is 25.0 Å². The van der Waals surface area contributed by atoms with Crippen LogP contribution >= 0.6 is 0 Å². The zero-order chi connectivity index (χ0) is 15.5. The van der Waals surface area contributed by atoms with Crippen LogP contribution in [0.25, 0.3) is 0 Å². The summed E-state index contributed by atoms with van der Waals surface area (Å²) >= 11 is 0. The number of hydrogen-bond donors (Lipinski definition) is 2. The van der Waals surface area contributed by atoms with Gasteiger partial charge < -0.3 is 15.5 Å². The molecule has 0 aliphatic carbocycles. The summed E-state index contributed by atoms with van der Waals surface area (Å²) in [5, 5.41) is 5.72. The van der Waals surface area contributed by atoms with Gasteiger partial charge in [0, 0.05) is 27.2 Å². The Labute approximate surface area is 125 Å². The first-order chi connectivity index (χ1) is 9.92. The van der Waals surface area contributed by atoms with Crippen LogP contribution in [0.15, 0.2) is 0 Å². The maximum Gasteiger partial charge on any atom is 0.231 e. The Kier molecular flexibility index (Phi) is 4.81. The Hall–Kier alpha value is -1.64. The first-order valence-electron chi connectivity index (χ1n) is 7.05. The normalized spacial score (nSPS) is 20.2. The molecule has 1 aliphatic heterocycles. The molecular formula is C12H22N6O2S. The van der Waals surface area contributed by atoms with E-state index >= 15 is 0 Å². The van der Waals surface area contributed by atoms with E-state index in [9.17, 15) is 8.42 Å². The van der Waals surface area contributed by atoms with Crippen LogP contribution < -0.4 is 15.5 Å². The van der Waals surface area contributed by atoms with Gasteiger partial charge in [0.25, 0.3) is 0 Å². The molecule has 2 heterocycles. The predicted octanol–water partition coefficient (Wildman–Crippen LogP) is 0.359. The highest BCUT2D eigenvalue weighted by atomic mass is 32.2. The third-order valence-electron chi connectivity index (χ3n) is 3.31. The Morgan fingerprint density at radius 1 is 1.19 bits per heavy atom. The Balaban J connectivity index is 2.11. The summed E-state index contributed by atoms with van der Waals surface area (Å²) in [4.78, 5) is 14.6. The third-order valence-corrected chi connectivity index (χ3v) is 5.58. The molecule has 1 aromatic rings. The lowest BCUT2D eigenvalue weighted by molar-refractivity contribution is 0.591. The Morgan fingerprint density at radius 3 is 2.38 bits per heavy atom. The van der Waals surface area contributed by atoms with Gasteiger partial charge >= 0.3 is 0 Å². The fourth-order valence-electron chi connectivity index (χ4n) is 2.17. The number of anilines is 3. The van der Waals surface area contributed by atoms with E-state index in [1.165, 1.54) is 0 Å². The van der Waals surface area contributed by atoms with Crippen molar-refractivity contribution in [2.75, 3.05) is 48.5 Å². The van der Waals surface area contributed by atoms with Crippen molar-refractivity contribution in [3.05, 3.63) is 0 Å². The van der Waals surface area contributed by atoms with Crippen LogP contribution in [0.3, 0.4) is 0 Å². The van der Waals surface area contributed by atoms with E-state index in [-0.39, 0.29) is 11.0 Å². The van der Waals surface area contributed by atoms with Crippen LogP contribution in [-0.4, -0.2) is 61.6 Å². The molecule has 0 aromatic carbocycles. The smallest absolute Gasteiger partial charge is 0.231 e. The van der Waals surface area contributed by atoms with Crippen LogP contribution in [0.5, 0.6) is 0 Å². The third kappa shape index (κ3) is 3.93. The van der Waals surface area contributed by atoms with Crippen LogP contribution in [0.4, 0.5) is 17.8 Å². The summed E-state index contributed by atoms with van der Waals surface area (Å²) in [5.41, 5.74) is 0. The Bertz CT molecular complexity index is 589. The monoisotopic (exact) mass is 314 g/mol. The summed E-state index contributed by atoms with van der Waals surface area (Å²) in [6, 6.07) is 0. The number of sulfone groups is 1. The second-order valence-corrected chi connectivity index (χ2v) is 7.62. The molecule has 0 spiro atoms. The molecule has 0 radical (unpaired) electrons. The van der Waals surface area contributed by atoms with Crippen molar-refractivity contribution < 1.29 is 8.42 Å². The molecule has 9 heteroatoms. The molecular weight excluding hydrogens is 292 g/mol. The minimum atomic E-state index is -2.96. The molecule has 0 saturated carbocycles. The first kappa shape index (κ1) is 15.7. The van der Waals surface area contributed by atoms with Crippen molar-refractivity contribution in [1.29, 1.82) is 0 Å². The van der Waals surface area contributed by atoms with Gasteiger partial charge in [-0.2, -0.15) is 15.0 Å². The van der Waals surface area contributed by atoms with Gasteiger partial charge in [-0.05, 0) is 19.8 Å². The minimum absolute atomic E-state index is 0.280. The number of aromatic nitrogens is 3. The molecule has 1 saturated heterocycles. The van der Waals surface area contributed by atoms with E-state index in [2.05, 4.69) is 25.6 Å². The summed E-state index contributed by atoms with van der Waals surface area (Å²) in [7, 11) is 0.723. The summed E-state index contributed by atoms with van der Waals surface area (Å²) < 4.78 is 23.6. The molecule has 1 aromatic heterocycles. The zero-order valence-electron chi connectivity index (χ0n) is 12.6. The number of nitrogens with zero attached hydrogens (tertiary/aromatic N) is 4. The molecule has 1 fully saturated rings. The highest BCUT2D eigenvalue weighted by Crippen LogP contribution is 2.20. The highest BCUT2D eigenvalue weighted by Gasteiger charge is 2.31.